The minimum atomic E-state index is -0.264. The van der Waals surface area contributed by atoms with Crippen LogP contribution < -0.4 is 9.47 Å². The van der Waals surface area contributed by atoms with Crippen LogP contribution in [0.2, 0.25) is 0 Å². The van der Waals surface area contributed by atoms with Crippen molar-refractivity contribution in [1.29, 1.82) is 0 Å². The molecule has 0 saturated carbocycles. The molecule has 0 atom stereocenters. The molecule has 25 heavy (non-hydrogen) atoms. The van der Waals surface area contributed by atoms with Crippen LogP contribution in [0.3, 0.4) is 0 Å². The van der Waals surface area contributed by atoms with E-state index in [2.05, 4.69) is 0 Å². The van der Waals surface area contributed by atoms with Crippen molar-refractivity contribution in [1.82, 2.24) is 0 Å². The lowest BCUT2D eigenvalue weighted by atomic mass is 10.2. The number of halogens is 1. The molecule has 0 aliphatic carbocycles. The van der Waals surface area contributed by atoms with E-state index in [1.165, 1.54) is 11.6 Å². The Morgan fingerprint density at radius 2 is 1.44 bits per heavy atom. The van der Waals surface area contributed by atoms with Crippen molar-refractivity contribution < 1.29 is 13.9 Å². The summed E-state index contributed by atoms with van der Waals surface area (Å²) in [4.78, 5) is 0. The third-order valence-corrected chi connectivity index (χ3v) is 3.41. The molecule has 0 saturated heterocycles. The number of benzene rings is 3. The molecule has 0 N–H and O–H groups in total. The highest BCUT2D eigenvalue weighted by Gasteiger charge is 2.03. The van der Waals surface area contributed by atoms with E-state index in [1.54, 1.807) is 24.3 Å². The smallest absolute Gasteiger partial charge is 0.131 e. The molecule has 0 aliphatic heterocycles. The molecule has 2 nitrogen and oxygen atoms in total. The summed E-state index contributed by atoms with van der Waals surface area (Å²) in [7, 11) is 0. The Kier molecular flexibility index (Phi) is 7.02. The third-order valence-electron chi connectivity index (χ3n) is 3.41. The monoisotopic (exact) mass is 338 g/mol. The molecule has 0 amide bonds. The first-order valence-electron chi connectivity index (χ1n) is 8.41. The minimum absolute atomic E-state index is 0.181. The van der Waals surface area contributed by atoms with E-state index in [0.717, 1.165) is 5.75 Å². The summed E-state index contributed by atoms with van der Waals surface area (Å²) in [5.74, 6) is 1.82. The summed E-state index contributed by atoms with van der Waals surface area (Å²) in [6, 6.07) is 21.7. The maximum absolute atomic E-state index is 13.6. The van der Waals surface area contributed by atoms with Gasteiger partial charge in [0.15, 0.2) is 0 Å². The van der Waals surface area contributed by atoms with Crippen LogP contribution in [0.4, 0.5) is 4.39 Å². The standard InChI is InChI=1S/C20H17FO2.C2H6/c1-15-9-11-17(12-10-15)23-19-7-4-6-18(13-19)22-14-16-5-2-3-8-20(16)21;1-2/h2-13H,14H2,1H3;1-2H3. The molecule has 3 aromatic carbocycles. The zero-order chi connectivity index (χ0) is 18.1. The lowest BCUT2D eigenvalue weighted by Crippen LogP contribution is -1.98. The highest BCUT2D eigenvalue weighted by atomic mass is 19.1. The van der Waals surface area contributed by atoms with Crippen LogP contribution in [-0.4, -0.2) is 0 Å². The van der Waals surface area contributed by atoms with Crippen LogP contribution in [0.5, 0.6) is 17.2 Å². The number of rotatable bonds is 5. The summed E-state index contributed by atoms with van der Waals surface area (Å²) in [5.41, 5.74) is 1.71. The summed E-state index contributed by atoms with van der Waals surface area (Å²) in [6.45, 7) is 6.21. The van der Waals surface area contributed by atoms with E-state index in [4.69, 9.17) is 9.47 Å². The predicted molar refractivity (Wildman–Crippen MR) is 99.8 cm³/mol. The van der Waals surface area contributed by atoms with Gasteiger partial charge in [0, 0.05) is 11.6 Å². The lowest BCUT2D eigenvalue weighted by Gasteiger charge is -2.10. The second-order valence-corrected chi connectivity index (χ2v) is 5.27. The number of aryl methyl sites for hydroxylation is 1. The van der Waals surface area contributed by atoms with Gasteiger partial charge in [-0.1, -0.05) is 55.8 Å². The largest absolute Gasteiger partial charge is 0.489 e. The Hall–Kier alpha value is -2.81. The molecule has 0 heterocycles. The van der Waals surface area contributed by atoms with Crippen LogP contribution in [0, 0.1) is 12.7 Å². The quantitative estimate of drug-likeness (QED) is 0.526. The van der Waals surface area contributed by atoms with Gasteiger partial charge in [-0.2, -0.15) is 0 Å². The van der Waals surface area contributed by atoms with E-state index >= 15 is 0 Å². The summed E-state index contributed by atoms with van der Waals surface area (Å²) >= 11 is 0. The number of ether oxygens (including phenoxy) is 2. The molecule has 0 spiro atoms. The Balaban J connectivity index is 0.00000109. The van der Waals surface area contributed by atoms with Crippen LogP contribution >= 0.6 is 0 Å². The maximum Gasteiger partial charge on any atom is 0.131 e. The molecule has 0 radical (unpaired) electrons. The van der Waals surface area contributed by atoms with Gasteiger partial charge in [-0.3, -0.25) is 0 Å². The van der Waals surface area contributed by atoms with Crippen LogP contribution in [-0.2, 0) is 6.61 Å². The van der Waals surface area contributed by atoms with Gasteiger partial charge in [-0.15, -0.1) is 0 Å². The topological polar surface area (TPSA) is 18.5 Å². The first-order chi connectivity index (χ1) is 12.2. The molecule has 3 rings (SSSR count). The van der Waals surface area contributed by atoms with Gasteiger partial charge < -0.3 is 9.47 Å². The van der Waals surface area contributed by atoms with Crippen LogP contribution in [0.1, 0.15) is 25.0 Å². The molecular formula is C22H23FO2. The average Bonchev–Trinajstić information content (AvgIpc) is 2.65. The van der Waals surface area contributed by atoms with Crippen molar-refractivity contribution in [3.05, 3.63) is 89.7 Å². The van der Waals surface area contributed by atoms with Gasteiger partial charge in [0.1, 0.15) is 29.7 Å². The second-order valence-electron chi connectivity index (χ2n) is 5.27. The predicted octanol–water partition coefficient (Wildman–Crippen LogP) is 6.53. The normalized spacial score (nSPS) is 9.76. The molecule has 3 aromatic rings. The Morgan fingerprint density at radius 3 is 2.16 bits per heavy atom. The SMILES string of the molecule is CC.Cc1ccc(Oc2cccc(OCc3ccccc3F)c2)cc1. The molecule has 130 valence electrons. The number of hydrogen-bond acceptors (Lipinski definition) is 2. The average molecular weight is 338 g/mol. The van der Waals surface area contributed by atoms with Crippen molar-refractivity contribution in [2.75, 3.05) is 0 Å². The van der Waals surface area contributed by atoms with E-state index in [0.29, 0.717) is 17.1 Å². The highest BCUT2D eigenvalue weighted by molar-refractivity contribution is 5.37. The van der Waals surface area contributed by atoms with Crippen molar-refractivity contribution >= 4 is 0 Å². The van der Waals surface area contributed by atoms with Gasteiger partial charge in [-0.25, -0.2) is 4.39 Å². The number of hydrogen-bond donors (Lipinski definition) is 0. The van der Waals surface area contributed by atoms with E-state index in [1.807, 2.05) is 63.2 Å². The summed E-state index contributed by atoms with van der Waals surface area (Å²) in [6.07, 6.45) is 0. The first-order valence-corrected chi connectivity index (χ1v) is 8.41. The highest BCUT2D eigenvalue weighted by Crippen LogP contribution is 2.26. The first kappa shape index (κ1) is 18.5. The molecule has 0 aromatic heterocycles. The zero-order valence-corrected chi connectivity index (χ0v) is 14.8. The molecule has 0 unspecified atom stereocenters. The second kappa shape index (κ2) is 9.48. The van der Waals surface area contributed by atoms with Gasteiger partial charge in [0.25, 0.3) is 0 Å². The van der Waals surface area contributed by atoms with Crippen LogP contribution in [0.25, 0.3) is 0 Å². The molecule has 3 heteroatoms. The fraction of sp³-hybridized carbons (Fsp3) is 0.182. The van der Waals surface area contributed by atoms with Crippen molar-refractivity contribution in [3.63, 3.8) is 0 Å². The van der Waals surface area contributed by atoms with Gasteiger partial charge >= 0.3 is 0 Å². The third kappa shape index (κ3) is 5.64. The Bertz CT molecular complexity index is 782. The molecule has 0 aliphatic rings. The minimum Gasteiger partial charge on any atom is -0.489 e. The summed E-state index contributed by atoms with van der Waals surface area (Å²) in [5, 5.41) is 0. The Morgan fingerprint density at radius 1 is 0.760 bits per heavy atom. The van der Waals surface area contributed by atoms with Crippen molar-refractivity contribution in [2.45, 2.75) is 27.4 Å². The van der Waals surface area contributed by atoms with Crippen molar-refractivity contribution in [2.24, 2.45) is 0 Å². The van der Waals surface area contributed by atoms with Crippen molar-refractivity contribution in [3.8, 4) is 17.2 Å². The van der Waals surface area contributed by atoms with Gasteiger partial charge in [0.05, 0.1) is 0 Å². The van der Waals surface area contributed by atoms with E-state index < -0.39 is 0 Å². The summed E-state index contributed by atoms with van der Waals surface area (Å²) < 4.78 is 25.0. The van der Waals surface area contributed by atoms with Crippen LogP contribution in [0.15, 0.2) is 72.8 Å². The molecule has 0 bridgehead atoms. The fourth-order valence-corrected chi connectivity index (χ4v) is 2.15. The van der Waals surface area contributed by atoms with Gasteiger partial charge in [0.2, 0.25) is 0 Å². The Labute approximate surface area is 148 Å². The zero-order valence-electron chi connectivity index (χ0n) is 14.8. The molecule has 0 fully saturated rings. The van der Waals surface area contributed by atoms with E-state index in [-0.39, 0.29) is 12.4 Å². The molecular weight excluding hydrogens is 315 g/mol. The lowest BCUT2D eigenvalue weighted by molar-refractivity contribution is 0.298. The van der Waals surface area contributed by atoms with Gasteiger partial charge in [-0.05, 0) is 37.3 Å². The van der Waals surface area contributed by atoms with E-state index in [9.17, 15) is 4.39 Å². The fourth-order valence-electron chi connectivity index (χ4n) is 2.15. The maximum atomic E-state index is 13.6.